The van der Waals surface area contributed by atoms with Crippen molar-refractivity contribution in [3.63, 3.8) is 0 Å². The van der Waals surface area contributed by atoms with E-state index in [2.05, 4.69) is 14.9 Å². The van der Waals surface area contributed by atoms with E-state index < -0.39 is 0 Å². The van der Waals surface area contributed by atoms with E-state index in [1.165, 1.54) is 0 Å². The van der Waals surface area contributed by atoms with Gasteiger partial charge in [-0.25, -0.2) is 0 Å². The van der Waals surface area contributed by atoms with Gasteiger partial charge >= 0.3 is 0 Å². The molecule has 0 saturated heterocycles. The van der Waals surface area contributed by atoms with Gasteiger partial charge in [0.25, 0.3) is 5.91 Å². The first-order valence-electron chi connectivity index (χ1n) is 5.46. The molecule has 0 unspecified atom stereocenters. The summed E-state index contributed by atoms with van der Waals surface area (Å²) in [4.78, 5) is 12.4. The Bertz CT molecular complexity index is 539. The summed E-state index contributed by atoms with van der Waals surface area (Å²) in [6.07, 6.45) is 0.827. The lowest BCUT2D eigenvalue weighted by atomic mass is 10.1. The second-order valence-electron chi connectivity index (χ2n) is 3.78. The smallest absolute Gasteiger partial charge is 0.269 e. The zero-order valence-electron chi connectivity index (χ0n) is 9.81. The Labute approximate surface area is 114 Å². The SMILES string of the molecule is Cc1nnsc1C(=O)Nc1ccc(CCCl)cc1. The summed E-state index contributed by atoms with van der Waals surface area (Å²) in [6.45, 7) is 1.77. The van der Waals surface area contributed by atoms with Crippen molar-refractivity contribution in [2.24, 2.45) is 0 Å². The zero-order valence-corrected chi connectivity index (χ0v) is 11.4. The zero-order chi connectivity index (χ0) is 13.0. The maximum atomic E-state index is 11.9. The number of anilines is 1. The summed E-state index contributed by atoms with van der Waals surface area (Å²) in [5, 5.41) is 6.62. The summed E-state index contributed by atoms with van der Waals surface area (Å²) in [5.41, 5.74) is 2.56. The number of hydrogen-bond donors (Lipinski definition) is 1. The molecule has 0 aliphatic rings. The Kier molecular flexibility index (Phi) is 4.28. The molecule has 0 spiro atoms. The van der Waals surface area contributed by atoms with Crippen LogP contribution in [0.2, 0.25) is 0 Å². The molecule has 1 amide bonds. The molecular weight excluding hydrogens is 270 g/mol. The van der Waals surface area contributed by atoms with E-state index in [1.807, 2.05) is 24.3 Å². The van der Waals surface area contributed by atoms with Crippen molar-refractivity contribution >= 4 is 34.7 Å². The number of nitrogens with one attached hydrogen (secondary N) is 1. The number of alkyl halides is 1. The number of benzene rings is 1. The molecule has 0 aliphatic carbocycles. The van der Waals surface area contributed by atoms with Gasteiger partial charge in [-0.3, -0.25) is 4.79 Å². The maximum absolute atomic E-state index is 11.9. The third kappa shape index (κ3) is 3.05. The molecule has 1 aromatic carbocycles. The number of amides is 1. The Morgan fingerprint density at radius 3 is 2.67 bits per heavy atom. The minimum absolute atomic E-state index is 0.174. The lowest BCUT2D eigenvalue weighted by Crippen LogP contribution is -2.11. The average Bonchev–Trinajstić information content (AvgIpc) is 2.78. The molecule has 4 nitrogen and oxygen atoms in total. The van der Waals surface area contributed by atoms with Crippen LogP contribution in [0.4, 0.5) is 5.69 Å². The van der Waals surface area contributed by atoms with Gasteiger partial charge in [0.05, 0.1) is 5.69 Å². The second kappa shape index (κ2) is 5.93. The summed E-state index contributed by atoms with van der Waals surface area (Å²) >= 11 is 6.76. The van der Waals surface area contributed by atoms with Crippen LogP contribution in [0.5, 0.6) is 0 Å². The van der Waals surface area contributed by atoms with Crippen molar-refractivity contribution in [2.75, 3.05) is 11.2 Å². The van der Waals surface area contributed by atoms with Crippen molar-refractivity contribution in [2.45, 2.75) is 13.3 Å². The van der Waals surface area contributed by atoms with Crippen LogP contribution >= 0.6 is 23.1 Å². The minimum atomic E-state index is -0.174. The van der Waals surface area contributed by atoms with Crippen molar-refractivity contribution in [3.8, 4) is 0 Å². The van der Waals surface area contributed by atoms with Gasteiger partial charge in [-0.1, -0.05) is 16.6 Å². The molecule has 1 aromatic heterocycles. The summed E-state index contributed by atoms with van der Waals surface area (Å²) in [7, 11) is 0. The molecule has 0 saturated carbocycles. The van der Waals surface area contributed by atoms with Gasteiger partial charge in [0.2, 0.25) is 0 Å². The number of aromatic nitrogens is 2. The van der Waals surface area contributed by atoms with Crippen molar-refractivity contribution in [3.05, 3.63) is 40.4 Å². The highest BCUT2D eigenvalue weighted by Crippen LogP contribution is 2.15. The third-order valence-corrected chi connectivity index (χ3v) is 3.47. The predicted molar refractivity (Wildman–Crippen MR) is 73.5 cm³/mol. The minimum Gasteiger partial charge on any atom is -0.321 e. The maximum Gasteiger partial charge on any atom is 0.269 e. The highest BCUT2D eigenvalue weighted by atomic mass is 35.5. The summed E-state index contributed by atoms with van der Waals surface area (Å²) in [6, 6.07) is 7.64. The second-order valence-corrected chi connectivity index (χ2v) is 4.91. The number of carbonyl (C=O) groups is 1. The van der Waals surface area contributed by atoms with Crippen LogP contribution in [-0.2, 0) is 6.42 Å². The van der Waals surface area contributed by atoms with Crippen LogP contribution in [0, 0.1) is 6.92 Å². The molecule has 0 fully saturated rings. The van der Waals surface area contributed by atoms with Gasteiger partial charge in [-0.15, -0.1) is 16.7 Å². The fraction of sp³-hybridized carbons (Fsp3) is 0.250. The molecule has 1 heterocycles. The van der Waals surface area contributed by atoms with Crippen LogP contribution in [0.15, 0.2) is 24.3 Å². The van der Waals surface area contributed by atoms with E-state index in [4.69, 9.17) is 11.6 Å². The van der Waals surface area contributed by atoms with Crippen LogP contribution in [0.1, 0.15) is 20.9 Å². The molecule has 94 valence electrons. The van der Waals surface area contributed by atoms with E-state index in [1.54, 1.807) is 6.92 Å². The van der Waals surface area contributed by atoms with E-state index in [0.717, 1.165) is 29.2 Å². The molecule has 6 heteroatoms. The molecule has 0 aliphatic heterocycles. The van der Waals surface area contributed by atoms with Crippen LogP contribution in [0.25, 0.3) is 0 Å². The van der Waals surface area contributed by atoms with Crippen LogP contribution in [-0.4, -0.2) is 21.4 Å². The first kappa shape index (κ1) is 13.0. The lowest BCUT2D eigenvalue weighted by Gasteiger charge is -2.04. The predicted octanol–water partition coefficient (Wildman–Crippen LogP) is 2.88. The quantitative estimate of drug-likeness (QED) is 0.877. The van der Waals surface area contributed by atoms with Crippen molar-refractivity contribution < 1.29 is 4.79 Å². The number of halogens is 1. The normalized spacial score (nSPS) is 10.3. The topological polar surface area (TPSA) is 54.9 Å². The summed E-state index contributed by atoms with van der Waals surface area (Å²) < 4.78 is 3.74. The largest absolute Gasteiger partial charge is 0.321 e. The molecule has 0 atom stereocenters. The van der Waals surface area contributed by atoms with Gasteiger partial charge in [-0.2, -0.15) is 0 Å². The number of aryl methyl sites for hydroxylation is 2. The fourth-order valence-corrected chi connectivity index (χ4v) is 2.26. The molecule has 2 rings (SSSR count). The molecule has 1 N–H and O–H groups in total. The van der Waals surface area contributed by atoms with E-state index in [0.29, 0.717) is 16.5 Å². The van der Waals surface area contributed by atoms with Crippen molar-refractivity contribution in [1.82, 2.24) is 9.59 Å². The monoisotopic (exact) mass is 281 g/mol. The number of carbonyl (C=O) groups excluding carboxylic acids is 1. The van der Waals surface area contributed by atoms with Crippen molar-refractivity contribution in [1.29, 1.82) is 0 Å². The molecule has 0 radical (unpaired) electrons. The first-order valence-corrected chi connectivity index (χ1v) is 6.76. The first-order chi connectivity index (χ1) is 8.70. The average molecular weight is 282 g/mol. The number of hydrogen-bond acceptors (Lipinski definition) is 4. The van der Waals surface area contributed by atoms with E-state index >= 15 is 0 Å². The highest BCUT2D eigenvalue weighted by molar-refractivity contribution is 7.08. The lowest BCUT2D eigenvalue weighted by molar-refractivity contribution is 0.103. The van der Waals surface area contributed by atoms with Gasteiger partial charge in [-0.05, 0) is 42.6 Å². The molecule has 0 bridgehead atoms. The van der Waals surface area contributed by atoms with E-state index in [9.17, 15) is 4.79 Å². The fourth-order valence-electron chi connectivity index (χ4n) is 1.49. The Balaban J connectivity index is 2.05. The van der Waals surface area contributed by atoms with Gasteiger partial charge in [0, 0.05) is 11.6 Å². The Morgan fingerprint density at radius 2 is 2.11 bits per heavy atom. The van der Waals surface area contributed by atoms with Gasteiger partial charge in [0.15, 0.2) is 0 Å². The molecule has 18 heavy (non-hydrogen) atoms. The molecule has 2 aromatic rings. The number of nitrogens with zero attached hydrogens (tertiary/aromatic N) is 2. The van der Waals surface area contributed by atoms with Gasteiger partial charge < -0.3 is 5.32 Å². The Morgan fingerprint density at radius 1 is 1.39 bits per heavy atom. The Hall–Kier alpha value is -1.46. The molecular formula is C12H12ClN3OS. The van der Waals surface area contributed by atoms with Gasteiger partial charge in [0.1, 0.15) is 4.88 Å². The summed E-state index contributed by atoms with van der Waals surface area (Å²) in [5.74, 6) is 0.421. The van der Waals surface area contributed by atoms with E-state index in [-0.39, 0.29) is 5.91 Å². The van der Waals surface area contributed by atoms with Crippen LogP contribution < -0.4 is 5.32 Å². The third-order valence-electron chi connectivity index (χ3n) is 2.45. The standard InChI is InChI=1S/C12H12ClN3OS/c1-8-11(18-16-15-8)12(17)14-10-4-2-9(3-5-10)6-7-13/h2-5H,6-7H2,1H3,(H,14,17). The highest BCUT2D eigenvalue weighted by Gasteiger charge is 2.12. The van der Waals surface area contributed by atoms with Crippen LogP contribution in [0.3, 0.4) is 0 Å². The number of rotatable bonds is 4.